The molecule has 0 saturated heterocycles. The number of rotatable bonds is 5. The highest BCUT2D eigenvalue weighted by atomic mass is 16.5. The molecule has 1 aliphatic heterocycles. The molecule has 0 radical (unpaired) electrons. The molecule has 0 aromatic heterocycles. The summed E-state index contributed by atoms with van der Waals surface area (Å²) < 4.78 is 16.1. The zero-order valence-corrected chi connectivity index (χ0v) is 13.9. The van der Waals surface area contributed by atoms with Crippen LogP contribution in [0.1, 0.15) is 16.7 Å². The summed E-state index contributed by atoms with van der Waals surface area (Å²) in [6.07, 6.45) is 1.96. The number of hydrogen-bond acceptors (Lipinski definition) is 4. The van der Waals surface area contributed by atoms with E-state index in [-0.39, 0.29) is 0 Å². The zero-order valence-electron chi connectivity index (χ0n) is 13.9. The standard InChI is InChI=1S/C19H23NO3/c1-21-17-6-4-5-13(8-17)7-16-9-14-10-18(22-2)19(23-3)11-15(14)12-20-16/h4-6,8,10-11,16,20H,7,9,12H2,1-3H3. The third kappa shape index (κ3) is 3.42. The van der Waals surface area contributed by atoms with Gasteiger partial charge in [-0.3, -0.25) is 0 Å². The van der Waals surface area contributed by atoms with E-state index >= 15 is 0 Å². The molecule has 1 N–H and O–H groups in total. The Balaban J connectivity index is 1.76. The van der Waals surface area contributed by atoms with Gasteiger partial charge in [0.25, 0.3) is 0 Å². The van der Waals surface area contributed by atoms with E-state index in [1.54, 1.807) is 21.3 Å². The van der Waals surface area contributed by atoms with Gasteiger partial charge >= 0.3 is 0 Å². The van der Waals surface area contributed by atoms with Crippen molar-refractivity contribution in [2.45, 2.75) is 25.4 Å². The van der Waals surface area contributed by atoms with Crippen LogP contribution in [0.2, 0.25) is 0 Å². The van der Waals surface area contributed by atoms with Crippen LogP contribution in [-0.2, 0) is 19.4 Å². The highest BCUT2D eigenvalue weighted by Gasteiger charge is 2.21. The van der Waals surface area contributed by atoms with Crippen LogP contribution in [0.25, 0.3) is 0 Å². The van der Waals surface area contributed by atoms with E-state index in [1.165, 1.54) is 16.7 Å². The minimum Gasteiger partial charge on any atom is -0.497 e. The lowest BCUT2D eigenvalue weighted by atomic mass is 9.91. The van der Waals surface area contributed by atoms with Crippen LogP contribution in [0, 0.1) is 0 Å². The van der Waals surface area contributed by atoms with Crippen LogP contribution >= 0.6 is 0 Å². The molecule has 3 rings (SSSR count). The number of hydrogen-bond donors (Lipinski definition) is 1. The molecular formula is C19H23NO3. The molecule has 2 aromatic carbocycles. The van der Waals surface area contributed by atoms with Gasteiger partial charge in [-0.2, -0.15) is 0 Å². The first kappa shape index (κ1) is 15.7. The highest BCUT2D eigenvalue weighted by molar-refractivity contribution is 5.48. The van der Waals surface area contributed by atoms with Gasteiger partial charge in [-0.05, 0) is 53.8 Å². The average Bonchev–Trinajstić information content (AvgIpc) is 2.60. The van der Waals surface area contributed by atoms with Gasteiger partial charge in [0.05, 0.1) is 21.3 Å². The fourth-order valence-electron chi connectivity index (χ4n) is 3.14. The Labute approximate surface area is 137 Å². The normalized spacial score (nSPS) is 16.6. The van der Waals surface area contributed by atoms with Gasteiger partial charge in [0, 0.05) is 12.6 Å². The van der Waals surface area contributed by atoms with Crippen molar-refractivity contribution in [3.05, 3.63) is 53.1 Å². The summed E-state index contributed by atoms with van der Waals surface area (Å²) in [5.41, 5.74) is 3.89. The third-order valence-corrected chi connectivity index (χ3v) is 4.37. The largest absolute Gasteiger partial charge is 0.497 e. The third-order valence-electron chi connectivity index (χ3n) is 4.37. The molecule has 0 bridgehead atoms. The summed E-state index contributed by atoms with van der Waals surface area (Å²) in [5.74, 6) is 2.50. The maximum Gasteiger partial charge on any atom is 0.161 e. The van der Waals surface area contributed by atoms with Gasteiger partial charge < -0.3 is 19.5 Å². The highest BCUT2D eigenvalue weighted by Crippen LogP contribution is 2.33. The van der Waals surface area contributed by atoms with Crippen molar-refractivity contribution in [2.75, 3.05) is 21.3 Å². The second-order valence-corrected chi connectivity index (χ2v) is 5.81. The Bertz CT molecular complexity index is 684. The van der Waals surface area contributed by atoms with Gasteiger partial charge in [-0.25, -0.2) is 0 Å². The first-order valence-electron chi connectivity index (χ1n) is 7.83. The Kier molecular flexibility index (Phi) is 4.72. The topological polar surface area (TPSA) is 39.7 Å². The molecule has 4 heteroatoms. The summed E-state index contributed by atoms with van der Waals surface area (Å²) in [6.45, 7) is 0.852. The minimum atomic E-state index is 0.410. The van der Waals surface area contributed by atoms with Crippen molar-refractivity contribution in [1.82, 2.24) is 5.32 Å². The van der Waals surface area contributed by atoms with E-state index in [9.17, 15) is 0 Å². The molecule has 0 amide bonds. The predicted octanol–water partition coefficient (Wildman–Crippen LogP) is 2.97. The molecule has 2 aromatic rings. The summed E-state index contributed by atoms with van der Waals surface area (Å²) in [7, 11) is 5.05. The predicted molar refractivity (Wildman–Crippen MR) is 90.6 cm³/mol. The molecule has 0 saturated carbocycles. The summed E-state index contributed by atoms with van der Waals surface area (Å²) in [5, 5.41) is 3.61. The van der Waals surface area contributed by atoms with E-state index in [1.807, 2.05) is 12.1 Å². The molecule has 0 fully saturated rings. The Morgan fingerprint density at radius 2 is 1.70 bits per heavy atom. The average molecular weight is 313 g/mol. The first-order chi connectivity index (χ1) is 11.2. The summed E-state index contributed by atoms with van der Waals surface area (Å²) in [6, 6.07) is 12.9. The van der Waals surface area contributed by atoms with Gasteiger partial charge in [0.15, 0.2) is 11.5 Å². The van der Waals surface area contributed by atoms with Crippen LogP contribution in [-0.4, -0.2) is 27.4 Å². The number of ether oxygens (including phenoxy) is 3. The lowest BCUT2D eigenvalue weighted by Crippen LogP contribution is -2.37. The lowest BCUT2D eigenvalue weighted by molar-refractivity contribution is 0.352. The van der Waals surface area contributed by atoms with Crippen molar-refractivity contribution < 1.29 is 14.2 Å². The number of methoxy groups -OCH3 is 3. The van der Waals surface area contributed by atoms with Crippen molar-refractivity contribution in [3.8, 4) is 17.2 Å². The number of nitrogens with one attached hydrogen (secondary N) is 1. The van der Waals surface area contributed by atoms with Crippen LogP contribution in [0.5, 0.6) is 17.2 Å². The molecule has 122 valence electrons. The quantitative estimate of drug-likeness (QED) is 0.921. The maximum atomic E-state index is 5.42. The first-order valence-corrected chi connectivity index (χ1v) is 7.83. The van der Waals surface area contributed by atoms with Crippen molar-refractivity contribution in [1.29, 1.82) is 0 Å². The van der Waals surface area contributed by atoms with Gasteiger partial charge in [-0.15, -0.1) is 0 Å². The van der Waals surface area contributed by atoms with Gasteiger partial charge in [-0.1, -0.05) is 12.1 Å². The molecule has 1 aliphatic rings. The Hall–Kier alpha value is -2.20. The summed E-state index contributed by atoms with van der Waals surface area (Å²) >= 11 is 0. The van der Waals surface area contributed by atoms with E-state index in [4.69, 9.17) is 14.2 Å². The van der Waals surface area contributed by atoms with E-state index in [0.717, 1.165) is 36.6 Å². The number of fused-ring (bicyclic) bond motifs is 1. The monoisotopic (exact) mass is 313 g/mol. The van der Waals surface area contributed by atoms with Crippen molar-refractivity contribution in [3.63, 3.8) is 0 Å². The zero-order chi connectivity index (χ0) is 16.2. The van der Waals surface area contributed by atoms with Crippen LogP contribution < -0.4 is 19.5 Å². The molecule has 1 atom stereocenters. The number of benzene rings is 2. The molecule has 1 unspecified atom stereocenters. The molecular weight excluding hydrogens is 290 g/mol. The Morgan fingerprint density at radius 3 is 2.39 bits per heavy atom. The van der Waals surface area contributed by atoms with Crippen LogP contribution in [0.15, 0.2) is 36.4 Å². The minimum absolute atomic E-state index is 0.410. The SMILES string of the molecule is COc1cccc(CC2Cc3cc(OC)c(OC)cc3CN2)c1. The fraction of sp³-hybridized carbons (Fsp3) is 0.368. The molecule has 0 spiro atoms. The summed E-state index contributed by atoms with van der Waals surface area (Å²) in [4.78, 5) is 0. The second kappa shape index (κ2) is 6.92. The molecule has 1 heterocycles. The van der Waals surface area contributed by atoms with E-state index < -0.39 is 0 Å². The molecule has 4 nitrogen and oxygen atoms in total. The lowest BCUT2D eigenvalue weighted by Gasteiger charge is -2.27. The maximum absolute atomic E-state index is 5.42. The fourth-order valence-corrected chi connectivity index (χ4v) is 3.14. The van der Waals surface area contributed by atoms with Crippen molar-refractivity contribution in [2.24, 2.45) is 0 Å². The van der Waals surface area contributed by atoms with Crippen molar-refractivity contribution >= 4 is 0 Å². The molecule has 23 heavy (non-hydrogen) atoms. The van der Waals surface area contributed by atoms with E-state index in [0.29, 0.717) is 6.04 Å². The smallest absolute Gasteiger partial charge is 0.161 e. The van der Waals surface area contributed by atoms with Gasteiger partial charge in [0.2, 0.25) is 0 Å². The van der Waals surface area contributed by atoms with Crippen LogP contribution in [0.4, 0.5) is 0 Å². The van der Waals surface area contributed by atoms with Gasteiger partial charge in [0.1, 0.15) is 5.75 Å². The second-order valence-electron chi connectivity index (χ2n) is 5.81. The van der Waals surface area contributed by atoms with Crippen LogP contribution in [0.3, 0.4) is 0 Å². The molecule has 0 aliphatic carbocycles. The Morgan fingerprint density at radius 1 is 0.957 bits per heavy atom. The van der Waals surface area contributed by atoms with E-state index in [2.05, 4.69) is 29.6 Å².